The number of aromatic nitrogens is 2. The molecule has 1 aromatic heterocycles. The summed E-state index contributed by atoms with van der Waals surface area (Å²) in [6.07, 6.45) is 3.23. The van der Waals surface area contributed by atoms with Gasteiger partial charge in [0.05, 0.1) is 12.2 Å². The van der Waals surface area contributed by atoms with Gasteiger partial charge in [-0.3, -0.25) is 0 Å². The predicted octanol–water partition coefficient (Wildman–Crippen LogP) is 4.77. The number of halogens is 1. The van der Waals surface area contributed by atoms with Gasteiger partial charge in [-0.15, -0.1) is 0 Å². The van der Waals surface area contributed by atoms with Gasteiger partial charge in [0.25, 0.3) is 0 Å². The highest BCUT2D eigenvalue weighted by molar-refractivity contribution is 6.33. The third-order valence-electron chi connectivity index (χ3n) is 4.03. The van der Waals surface area contributed by atoms with E-state index in [0.717, 1.165) is 24.3 Å². The fraction of sp³-hybridized carbons (Fsp3) is 0.238. The minimum atomic E-state index is 0.528. The van der Waals surface area contributed by atoms with E-state index in [2.05, 4.69) is 51.7 Å². The number of ether oxygens (including phenoxy) is 1. The van der Waals surface area contributed by atoms with Crippen LogP contribution in [0, 0.1) is 0 Å². The van der Waals surface area contributed by atoms with Crippen LogP contribution >= 0.6 is 11.6 Å². The first-order chi connectivity index (χ1) is 12.8. The van der Waals surface area contributed by atoms with Gasteiger partial charge in [-0.2, -0.15) is 0 Å². The number of anilines is 1. The summed E-state index contributed by atoms with van der Waals surface area (Å²) in [5, 5.41) is 3.78. The number of hydrogen-bond acceptors (Lipinski definition) is 4. The molecule has 134 valence electrons. The minimum Gasteiger partial charge on any atom is -0.492 e. The molecule has 3 rings (SSSR count). The van der Waals surface area contributed by atoms with Crippen molar-refractivity contribution in [1.29, 1.82) is 0 Å². The van der Waals surface area contributed by atoms with Crippen LogP contribution in [0.5, 0.6) is 5.75 Å². The van der Waals surface area contributed by atoms with Gasteiger partial charge in [0.15, 0.2) is 0 Å². The van der Waals surface area contributed by atoms with Gasteiger partial charge in [0.2, 0.25) is 0 Å². The maximum atomic E-state index is 6.26. The molecule has 5 heteroatoms. The molecule has 4 nitrogen and oxygen atoms in total. The van der Waals surface area contributed by atoms with Crippen molar-refractivity contribution < 1.29 is 4.74 Å². The maximum absolute atomic E-state index is 6.26. The molecule has 1 N–H and O–H groups in total. The van der Waals surface area contributed by atoms with Gasteiger partial charge < -0.3 is 10.1 Å². The lowest BCUT2D eigenvalue weighted by atomic mass is 10.1. The predicted molar refractivity (Wildman–Crippen MR) is 106 cm³/mol. The number of aryl methyl sites for hydroxylation is 1. The van der Waals surface area contributed by atoms with Crippen LogP contribution in [0.15, 0.2) is 60.9 Å². The summed E-state index contributed by atoms with van der Waals surface area (Å²) in [7, 11) is 0. The summed E-state index contributed by atoms with van der Waals surface area (Å²) in [6.45, 7) is 3.16. The number of benzene rings is 2. The van der Waals surface area contributed by atoms with Crippen LogP contribution in [-0.4, -0.2) is 23.1 Å². The first kappa shape index (κ1) is 18.2. The third kappa shape index (κ3) is 4.96. The Kier molecular flexibility index (Phi) is 6.45. The number of hydrogen-bond donors (Lipinski definition) is 1. The van der Waals surface area contributed by atoms with Crippen molar-refractivity contribution in [3.8, 4) is 5.75 Å². The van der Waals surface area contributed by atoms with E-state index in [-0.39, 0.29) is 0 Å². The van der Waals surface area contributed by atoms with Gasteiger partial charge in [-0.05, 0) is 36.1 Å². The molecular weight excluding hydrogens is 346 g/mol. The van der Waals surface area contributed by atoms with Gasteiger partial charge >= 0.3 is 0 Å². The van der Waals surface area contributed by atoms with E-state index in [4.69, 9.17) is 16.3 Å². The molecule has 0 saturated heterocycles. The number of rotatable bonds is 8. The van der Waals surface area contributed by atoms with Crippen molar-refractivity contribution >= 4 is 17.4 Å². The fourth-order valence-electron chi connectivity index (χ4n) is 2.65. The molecule has 2 aromatic carbocycles. The van der Waals surface area contributed by atoms with Crippen molar-refractivity contribution in [2.75, 3.05) is 18.5 Å². The Morgan fingerprint density at radius 1 is 0.962 bits per heavy atom. The quantitative estimate of drug-likeness (QED) is 0.582. The van der Waals surface area contributed by atoms with E-state index in [0.29, 0.717) is 24.0 Å². The van der Waals surface area contributed by atoms with E-state index in [1.165, 1.54) is 17.5 Å². The zero-order valence-corrected chi connectivity index (χ0v) is 15.5. The molecule has 0 amide bonds. The lowest BCUT2D eigenvalue weighted by Gasteiger charge is -2.11. The first-order valence-corrected chi connectivity index (χ1v) is 9.13. The molecule has 0 unspecified atom stereocenters. The minimum absolute atomic E-state index is 0.528. The van der Waals surface area contributed by atoms with Crippen molar-refractivity contribution in [2.45, 2.75) is 19.8 Å². The average molecular weight is 368 g/mol. The van der Waals surface area contributed by atoms with Gasteiger partial charge in [-0.1, -0.05) is 61.0 Å². The molecule has 1 heterocycles. The summed E-state index contributed by atoms with van der Waals surface area (Å²) in [6, 6.07) is 18.6. The smallest absolute Gasteiger partial charge is 0.148 e. The van der Waals surface area contributed by atoms with Gasteiger partial charge in [0, 0.05) is 0 Å². The summed E-state index contributed by atoms with van der Waals surface area (Å²) in [4.78, 5) is 8.33. The Bertz CT molecular complexity index is 822. The number of nitrogens with zero attached hydrogens (tertiary/aromatic N) is 2. The molecule has 0 saturated carbocycles. The van der Waals surface area contributed by atoms with E-state index in [9.17, 15) is 0 Å². The van der Waals surface area contributed by atoms with E-state index in [1.54, 1.807) is 0 Å². The molecule has 26 heavy (non-hydrogen) atoms. The largest absolute Gasteiger partial charge is 0.492 e. The average Bonchev–Trinajstić information content (AvgIpc) is 2.68. The summed E-state index contributed by atoms with van der Waals surface area (Å²) in [5.41, 5.74) is 3.42. The van der Waals surface area contributed by atoms with Crippen LogP contribution in [-0.2, 0) is 12.8 Å². The highest BCUT2D eigenvalue weighted by atomic mass is 35.5. The third-order valence-corrected chi connectivity index (χ3v) is 4.43. The van der Waals surface area contributed by atoms with Crippen LogP contribution in [0.4, 0.5) is 5.82 Å². The van der Waals surface area contributed by atoms with Crippen molar-refractivity contribution in [3.05, 3.63) is 82.8 Å². The molecule has 0 fully saturated rings. The fourth-order valence-corrected chi connectivity index (χ4v) is 2.95. The first-order valence-electron chi connectivity index (χ1n) is 8.75. The van der Waals surface area contributed by atoms with Gasteiger partial charge in [0.1, 0.15) is 29.5 Å². The Morgan fingerprint density at radius 2 is 1.69 bits per heavy atom. The second-order valence-electron chi connectivity index (χ2n) is 5.92. The lowest BCUT2D eigenvalue weighted by Crippen LogP contribution is -2.13. The molecule has 0 radical (unpaired) electrons. The van der Waals surface area contributed by atoms with E-state index >= 15 is 0 Å². The Labute approximate surface area is 159 Å². The highest BCUT2D eigenvalue weighted by Gasteiger charge is 2.06. The SMILES string of the molecule is CCc1ncnc(NCCOc2ccc(Cc3ccccc3)cc2)c1Cl. The Balaban J connectivity index is 1.47. The van der Waals surface area contributed by atoms with Crippen molar-refractivity contribution in [1.82, 2.24) is 9.97 Å². The normalized spacial score (nSPS) is 10.5. The lowest BCUT2D eigenvalue weighted by molar-refractivity contribution is 0.332. The van der Waals surface area contributed by atoms with Crippen LogP contribution < -0.4 is 10.1 Å². The summed E-state index contributed by atoms with van der Waals surface area (Å²) in [5.74, 6) is 1.51. The van der Waals surface area contributed by atoms with Crippen LogP contribution in [0.2, 0.25) is 5.02 Å². The zero-order valence-electron chi connectivity index (χ0n) is 14.8. The molecule has 0 bridgehead atoms. The topological polar surface area (TPSA) is 47.0 Å². The molecule has 0 spiro atoms. The maximum Gasteiger partial charge on any atom is 0.148 e. The standard InChI is InChI=1S/C21H22ClN3O/c1-2-19-20(22)21(25-15-24-19)23-12-13-26-18-10-8-17(9-11-18)14-16-6-4-3-5-7-16/h3-11,15H,2,12-14H2,1H3,(H,23,24,25). The van der Waals surface area contributed by atoms with Crippen LogP contribution in [0.1, 0.15) is 23.7 Å². The summed E-state index contributed by atoms with van der Waals surface area (Å²) >= 11 is 6.26. The van der Waals surface area contributed by atoms with E-state index < -0.39 is 0 Å². The molecular formula is C21H22ClN3O. The highest BCUT2D eigenvalue weighted by Crippen LogP contribution is 2.21. The monoisotopic (exact) mass is 367 g/mol. The van der Waals surface area contributed by atoms with Crippen LogP contribution in [0.25, 0.3) is 0 Å². The van der Waals surface area contributed by atoms with Crippen molar-refractivity contribution in [2.24, 2.45) is 0 Å². The Hall–Kier alpha value is -2.59. The molecule has 0 aliphatic carbocycles. The molecule has 0 atom stereocenters. The number of nitrogens with one attached hydrogen (secondary N) is 1. The second kappa shape index (κ2) is 9.20. The molecule has 3 aromatic rings. The summed E-state index contributed by atoms with van der Waals surface area (Å²) < 4.78 is 5.78. The van der Waals surface area contributed by atoms with E-state index in [1.807, 2.05) is 25.1 Å². The van der Waals surface area contributed by atoms with Crippen LogP contribution in [0.3, 0.4) is 0 Å². The zero-order chi connectivity index (χ0) is 18.2. The molecule has 0 aliphatic rings. The second-order valence-corrected chi connectivity index (χ2v) is 6.30. The van der Waals surface area contributed by atoms with Gasteiger partial charge in [-0.25, -0.2) is 9.97 Å². The molecule has 0 aliphatic heterocycles. The van der Waals surface area contributed by atoms with Crippen molar-refractivity contribution in [3.63, 3.8) is 0 Å². The Morgan fingerprint density at radius 3 is 2.42 bits per heavy atom.